The number of hydrogen-bond acceptors (Lipinski definition) is 2. The van der Waals surface area contributed by atoms with Gasteiger partial charge in [0.25, 0.3) is 0 Å². The molecule has 0 saturated heterocycles. The zero-order chi connectivity index (χ0) is 7.11. The zero-order valence-electron chi connectivity index (χ0n) is 7.59. The van der Waals surface area contributed by atoms with Crippen molar-refractivity contribution in [2.75, 3.05) is 6.61 Å². The van der Waals surface area contributed by atoms with Gasteiger partial charge in [0.15, 0.2) is 0 Å². The van der Waals surface area contributed by atoms with E-state index in [-0.39, 0.29) is 52.8 Å². The van der Waals surface area contributed by atoms with Crippen LogP contribution < -0.4 is 51.4 Å². The number of hydrogen-bond donors (Lipinski definition) is 1. The summed E-state index contributed by atoms with van der Waals surface area (Å²) in [6.45, 7) is 2.87. The summed E-state index contributed by atoms with van der Waals surface area (Å²) in [5.74, 6) is 0. The van der Waals surface area contributed by atoms with Crippen LogP contribution in [0.5, 0.6) is 0 Å². The molecule has 0 unspecified atom stereocenters. The van der Waals surface area contributed by atoms with E-state index in [9.17, 15) is 0 Å². The zero-order valence-corrected chi connectivity index (χ0v) is 11.4. The maximum atomic E-state index is 4.94. The second-order valence-corrected chi connectivity index (χ2v) is 2.90. The molecule has 0 N–H and O–H groups in total. The van der Waals surface area contributed by atoms with E-state index in [0.29, 0.717) is 4.38 Å². The van der Waals surface area contributed by atoms with Crippen molar-refractivity contribution < 1.29 is 57.5 Å². The van der Waals surface area contributed by atoms with Crippen molar-refractivity contribution in [3.05, 3.63) is 0 Å². The molecule has 0 atom stereocenters. The fourth-order valence-corrected chi connectivity index (χ4v) is 0.686. The van der Waals surface area contributed by atoms with E-state index in [4.69, 9.17) is 4.74 Å². The van der Waals surface area contributed by atoms with Crippen LogP contribution >= 0.6 is 24.8 Å². The summed E-state index contributed by atoms with van der Waals surface area (Å²) in [6.07, 6.45) is 3.50. The van der Waals surface area contributed by atoms with Crippen molar-refractivity contribution in [1.82, 2.24) is 0 Å². The Morgan fingerprint density at radius 2 is 2.20 bits per heavy atom. The maximum absolute atomic E-state index is 4.94. The van der Waals surface area contributed by atoms with Crippen molar-refractivity contribution in [2.45, 2.75) is 26.2 Å². The minimum Gasteiger partial charge on any atom is -1.00 e. The molecule has 0 saturated carbocycles. The van der Waals surface area contributed by atoms with Crippen LogP contribution in [0.3, 0.4) is 0 Å². The Labute approximate surface area is 118 Å². The van der Waals surface area contributed by atoms with Gasteiger partial charge in [0.05, 0.1) is 6.61 Å². The van der Waals surface area contributed by atoms with E-state index >= 15 is 0 Å². The summed E-state index contributed by atoms with van der Waals surface area (Å²) in [5, 5.41) is 0. The number of unbranched alkanes of at least 4 members (excludes halogenated alkanes) is 2. The number of ether oxygens (including phenoxy) is 1. The van der Waals surface area contributed by atoms with Gasteiger partial charge in [-0.05, 0) is 18.6 Å². The summed E-state index contributed by atoms with van der Waals surface area (Å²) in [5.41, 5.74) is 0. The standard InChI is InChI=1S/C6H12OS2.K.H/c1-2-3-4-5-7-6(8)9;;/h2-5H2,1H3,(H,8,9);;/q;+1;-1. The molecule has 0 fully saturated rings. The van der Waals surface area contributed by atoms with Gasteiger partial charge in [-0.3, -0.25) is 0 Å². The third-order valence-electron chi connectivity index (χ3n) is 0.973. The molecule has 0 aromatic rings. The van der Waals surface area contributed by atoms with Gasteiger partial charge in [0.2, 0.25) is 4.38 Å². The fraction of sp³-hybridized carbons (Fsp3) is 0.833. The smallest absolute Gasteiger partial charge is 1.00 e. The third-order valence-corrected chi connectivity index (χ3v) is 1.22. The van der Waals surface area contributed by atoms with Crippen molar-refractivity contribution in [1.29, 1.82) is 0 Å². The monoisotopic (exact) mass is 204 g/mol. The van der Waals surface area contributed by atoms with E-state index in [1.165, 1.54) is 12.8 Å². The molecular weight excluding hydrogens is 191 g/mol. The van der Waals surface area contributed by atoms with Crippen LogP contribution in [-0.4, -0.2) is 11.0 Å². The SMILES string of the molecule is CCCCCOC(=S)S.[H-].[K+]. The third kappa shape index (κ3) is 12.5. The molecule has 4 heteroatoms. The predicted octanol–water partition coefficient (Wildman–Crippen LogP) is -0.476. The van der Waals surface area contributed by atoms with Crippen LogP contribution in [0.2, 0.25) is 0 Å². The Morgan fingerprint density at radius 1 is 1.60 bits per heavy atom. The van der Waals surface area contributed by atoms with Gasteiger partial charge in [-0.25, -0.2) is 0 Å². The molecule has 10 heavy (non-hydrogen) atoms. The molecule has 1 nitrogen and oxygen atoms in total. The molecule has 0 amide bonds. The Kier molecular flexibility index (Phi) is 15.7. The van der Waals surface area contributed by atoms with E-state index in [0.717, 1.165) is 13.0 Å². The number of thiol groups is 1. The topological polar surface area (TPSA) is 9.23 Å². The minimum atomic E-state index is 0. The van der Waals surface area contributed by atoms with Crippen LogP contribution in [0.25, 0.3) is 0 Å². The van der Waals surface area contributed by atoms with Gasteiger partial charge in [-0.2, -0.15) is 0 Å². The van der Waals surface area contributed by atoms with Crippen LogP contribution in [0.4, 0.5) is 0 Å². The summed E-state index contributed by atoms with van der Waals surface area (Å²) >= 11 is 8.40. The first-order chi connectivity index (χ1) is 4.27. The maximum Gasteiger partial charge on any atom is 1.00 e. The van der Waals surface area contributed by atoms with Gasteiger partial charge in [-0.1, -0.05) is 32.4 Å². The molecule has 0 aliphatic heterocycles. The van der Waals surface area contributed by atoms with Gasteiger partial charge in [0, 0.05) is 0 Å². The normalized spacial score (nSPS) is 8.20. The van der Waals surface area contributed by atoms with E-state index in [1.54, 1.807) is 0 Å². The first-order valence-corrected chi connectivity index (χ1v) is 3.98. The predicted molar refractivity (Wildman–Crippen MR) is 48.2 cm³/mol. The van der Waals surface area contributed by atoms with Crippen LogP contribution in [-0.2, 0) is 4.74 Å². The molecule has 56 valence electrons. The molecule has 0 aliphatic carbocycles. The molecule has 0 bridgehead atoms. The average molecular weight is 204 g/mol. The van der Waals surface area contributed by atoms with Crippen molar-refractivity contribution in [3.8, 4) is 0 Å². The molecule has 0 heterocycles. The summed E-state index contributed by atoms with van der Waals surface area (Å²) < 4.78 is 5.29. The van der Waals surface area contributed by atoms with Gasteiger partial charge < -0.3 is 6.16 Å². The minimum absolute atomic E-state index is 0. The summed E-state index contributed by atoms with van der Waals surface area (Å²) in [4.78, 5) is 0. The molecular formula is C6H13KOS2. The largest absolute Gasteiger partial charge is 1.00 e. The molecule has 0 aromatic heterocycles. The van der Waals surface area contributed by atoms with E-state index in [2.05, 4.69) is 31.8 Å². The Hall–Kier alpha value is 1.88. The Balaban J connectivity index is -0.000000320. The number of rotatable bonds is 4. The van der Waals surface area contributed by atoms with Crippen LogP contribution in [0, 0.1) is 0 Å². The van der Waals surface area contributed by atoms with Gasteiger partial charge >= 0.3 is 51.4 Å². The van der Waals surface area contributed by atoms with Crippen molar-refractivity contribution in [2.24, 2.45) is 0 Å². The van der Waals surface area contributed by atoms with Crippen molar-refractivity contribution in [3.63, 3.8) is 0 Å². The Morgan fingerprint density at radius 3 is 2.60 bits per heavy atom. The molecule has 0 spiro atoms. The molecule has 0 aromatic carbocycles. The Bertz CT molecular complexity index is 92.7. The average Bonchev–Trinajstić information content (AvgIpc) is 1.80. The van der Waals surface area contributed by atoms with E-state index < -0.39 is 0 Å². The first-order valence-electron chi connectivity index (χ1n) is 3.13. The summed E-state index contributed by atoms with van der Waals surface area (Å²) in [7, 11) is 0. The van der Waals surface area contributed by atoms with Crippen LogP contribution in [0.1, 0.15) is 27.6 Å². The number of thiocarbonyl (C=S) groups is 1. The second-order valence-electron chi connectivity index (χ2n) is 1.82. The first kappa shape index (κ1) is 14.4. The molecule has 0 aliphatic rings. The van der Waals surface area contributed by atoms with Crippen LogP contribution in [0.15, 0.2) is 0 Å². The second kappa shape index (κ2) is 10.9. The van der Waals surface area contributed by atoms with E-state index in [1.807, 2.05) is 0 Å². The van der Waals surface area contributed by atoms with Gasteiger partial charge in [0.1, 0.15) is 0 Å². The van der Waals surface area contributed by atoms with Gasteiger partial charge in [-0.15, -0.1) is 0 Å². The quantitative estimate of drug-likeness (QED) is 0.287. The van der Waals surface area contributed by atoms with Crippen molar-refractivity contribution >= 4 is 29.2 Å². The fourth-order valence-electron chi connectivity index (χ4n) is 0.512. The summed E-state index contributed by atoms with van der Waals surface area (Å²) in [6, 6.07) is 0. The molecule has 0 rings (SSSR count). The molecule has 0 radical (unpaired) electrons.